The Kier molecular flexibility index (Phi) is 9.63. The number of nitrogens with zero attached hydrogens (tertiary/aromatic N) is 9. The predicted octanol–water partition coefficient (Wildman–Crippen LogP) is 15.2. The molecule has 0 aliphatic carbocycles. The van der Waals surface area contributed by atoms with Crippen molar-refractivity contribution in [3.8, 4) is 84.2 Å². The number of rotatable bonds is 8. The first-order valence-corrected chi connectivity index (χ1v) is 23.8. The van der Waals surface area contributed by atoms with Gasteiger partial charge in [-0.25, -0.2) is 9.97 Å². The summed E-state index contributed by atoms with van der Waals surface area (Å²) in [6.45, 7) is 0. The van der Waals surface area contributed by atoms with Crippen LogP contribution in [0.5, 0.6) is 0 Å². The van der Waals surface area contributed by atoms with Gasteiger partial charge >= 0.3 is 0 Å². The lowest BCUT2D eigenvalue weighted by Gasteiger charge is -2.34. The first-order valence-electron chi connectivity index (χ1n) is 23.8. The highest BCUT2D eigenvalue weighted by atomic mass is 15.2. The molecule has 0 amide bonds. The molecule has 0 atom stereocenters. The van der Waals surface area contributed by atoms with Gasteiger partial charge in [0.05, 0.1) is 45.2 Å². The second kappa shape index (κ2) is 16.9. The van der Waals surface area contributed by atoms with Crippen LogP contribution in [0.2, 0.25) is 0 Å². The van der Waals surface area contributed by atoms with Gasteiger partial charge in [-0.1, -0.05) is 84.9 Å². The number of hydrogen-bond acceptors (Lipinski definition) is 8. The molecule has 0 spiro atoms. The minimum Gasteiger partial charge on any atom is -0.294 e. The van der Waals surface area contributed by atoms with E-state index in [1.807, 2.05) is 85.7 Å². The van der Waals surface area contributed by atoms with Gasteiger partial charge in [0.2, 0.25) is 0 Å². The van der Waals surface area contributed by atoms with Gasteiger partial charge in [-0.15, -0.1) is 0 Å². The number of hydrogen-bond donors (Lipinski definition) is 0. The van der Waals surface area contributed by atoms with E-state index in [0.717, 1.165) is 134 Å². The fourth-order valence-electron chi connectivity index (χ4n) is 10.4. The Bertz CT molecular complexity index is 4070. The Hall–Kier alpha value is -9.99. The van der Waals surface area contributed by atoms with E-state index in [1.165, 1.54) is 0 Å². The highest BCUT2D eigenvalue weighted by molar-refractivity contribution is 6.21. The zero-order chi connectivity index (χ0) is 47.5. The van der Waals surface area contributed by atoms with Crippen molar-refractivity contribution in [2.24, 2.45) is 0 Å². The Balaban J connectivity index is 1.11. The topological polar surface area (TPSA) is 98.4 Å². The van der Waals surface area contributed by atoms with E-state index in [9.17, 15) is 0 Å². The molecular weight excluding hydrogens is 883 g/mol. The first-order chi connectivity index (χ1) is 35.7. The molecule has 72 heavy (non-hydrogen) atoms. The van der Waals surface area contributed by atoms with E-state index >= 15 is 0 Å². The van der Waals surface area contributed by atoms with Crippen LogP contribution in [0.1, 0.15) is 0 Å². The van der Waals surface area contributed by atoms with Crippen molar-refractivity contribution in [3.05, 3.63) is 238 Å². The lowest BCUT2D eigenvalue weighted by Crippen LogP contribution is -2.17. The Morgan fingerprint density at radius 1 is 0.306 bits per heavy atom. The molecular formula is C63H39N9. The summed E-state index contributed by atoms with van der Waals surface area (Å²) < 4.78 is 2.31. The van der Waals surface area contributed by atoms with Crippen LogP contribution in [0.3, 0.4) is 0 Å². The monoisotopic (exact) mass is 921 g/mol. The number of pyridine rings is 7. The van der Waals surface area contributed by atoms with Crippen LogP contribution in [-0.2, 0) is 0 Å². The summed E-state index contributed by atoms with van der Waals surface area (Å²) in [6, 6.07) is 65.8. The van der Waals surface area contributed by atoms with Crippen LogP contribution < -0.4 is 4.90 Å². The number of benzene rings is 5. The largest absolute Gasteiger partial charge is 0.294 e. The zero-order valence-corrected chi connectivity index (χ0v) is 38.5. The standard InChI is InChI=1S/C63H39N9/c1-2-12-40(13-3-1)55-31-45(42-14-9-25-64-37-42)34-62(69-55)72-58-20-8-17-48-47(54-19-5-7-29-68-54)22-23-49(63(48)58)51-35-52-50-30-41(53-18-4-6-28-67-53)21-24-57(50)71(60(52)36-59(51)72)61-33-46(43-15-10-26-65-38-43)32-56(70-61)44-16-11-27-66-39-44/h1-39H. The summed E-state index contributed by atoms with van der Waals surface area (Å²) in [7, 11) is 0. The molecule has 0 saturated carbocycles. The molecule has 1 aliphatic rings. The van der Waals surface area contributed by atoms with Crippen LogP contribution in [0.25, 0.3) is 117 Å². The second-order valence-corrected chi connectivity index (χ2v) is 17.9. The molecule has 14 rings (SSSR count). The van der Waals surface area contributed by atoms with Gasteiger partial charge in [-0.2, -0.15) is 0 Å². The summed E-state index contributed by atoms with van der Waals surface area (Å²) >= 11 is 0. The Morgan fingerprint density at radius 3 is 1.62 bits per heavy atom. The maximum absolute atomic E-state index is 5.59. The molecule has 9 heterocycles. The Labute approximate surface area is 414 Å². The molecule has 0 bridgehead atoms. The van der Waals surface area contributed by atoms with Crippen molar-refractivity contribution in [2.45, 2.75) is 0 Å². The third kappa shape index (κ3) is 6.90. The van der Waals surface area contributed by atoms with E-state index < -0.39 is 0 Å². The first kappa shape index (κ1) is 41.0. The van der Waals surface area contributed by atoms with Crippen molar-refractivity contribution >= 4 is 49.8 Å². The average molecular weight is 922 g/mol. The number of anilines is 3. The molecule has 336 valence electrons. The highest BCUT2D eigenvalue weighted by Crippen LogP contribution is 2.54. The quantitative estimate of drug-likeness (QED) is 0.149. The maximum Gasteiger partial charge on any atom is 0.138 e. The number of fused-ring (bicyclic) bond motifs is 5. The molecule has 0 saturated heterocycles. The van der Waals surface area contributed by atoms with Crippen LogP contribution >= 0.6 is 0 Å². The van der Waals surface area contributed by atoms with Gasteiger partial charge in [0.1, 0.15) is 11.6 Å². The van der Waals surface area contributed by atoms with Crippen molar-refractivity contribution in [2.75, 3.05) is 4.90 Å². The van der Waals surface area contributed by atoms with Gasteiger partial charge < -0.3 is 0 Å². The SMILES string of the molecule is c1ccc(-c2cc(-c3cccnc3)cc(N3c4cc5c(cc4-c4ccc(-c6ccccn6)c6cccc3c46)c3cc(-c4ccccn4)ccc3n5-c3cc(-c4cccnc4)cc(-c4cccnc4)n3)n2)cc1. The minimum absolute atomic E-state index is 0.758. The summed E-state index contributed by atoms with van der Waals surface area (Å²) in [5, 5.41) is 4.36. The minimum atomic E-state index is 0.758. The highest BCUT2D eigenvalue weighted by Gasteiger charge is 2.31. The molecule has 0 fully saturated rings. The van der Waals surface area contributed by atoms with Crippen molar-refractivity contribution in [1.29, 1.82) is 0 Å². The van der Waals surface area contributed by atoms with E-state index in [-0.39, 0.29) is 0 Å². The van der Waals surface area contributed by atoms with Gasteiger partial charge in [-0.05, 0) is 125 Å². The molecule has 8 aromatic heterocycles. The van der Waals surface area contributed by atoms with Crippen LogP contribution in [0.15, 0.2) is 238 Å². The lowest BCUT2D eigenvalue weighted by atomic mass is 9.87. The number of aromatic nitrogens is 8. The Morgan fingerprint density at radius 2 is 0.931 bits per heavy atom. The van der Waals surface area contributed by atoms with E-state index in [1.54, 1.807) is 12.4 Å². The maximum atomic E-state index is 5.59. The van der Waals surface area contributed by atoms with Crippen LogP contribution in [0.4, 0.5) is 17.2 Å². The fraction of sp³-hybridized carbons (Fsp3) is 0. The van der Waals surface area contributed by atoms with Crippen LogP contribution in [0, 0.1) is 0 Å². The van der Waals surface area contributed by atoms with Crippen LogP contribution in [-0.4, -0.2) is 39.5 Å². The molecule has 1 aliphatic heterocycles. The summed E-state index contributed by atoms with van der Waals surface area (Å²) in [4.78, 5) is 36.6. The lowest BCUT2D eigenvalue weighted by molar-refractivity contribution is 1.08. The van der Waals surface area contributed by atoms with Gasteiger partial charge in [-0.3, -0.25) is 34.4 Å². The third-order valence-corrected chi connectivity index (χ3v) is 13.7. The normalized spacial score (nSPS) is 11.9. The summed E-state index contributed by atoms with van der Waals surface area (Å²) in [5.74, 6) is 1.53. The van der Waals surface area contributed by atoms with Crippen molar-refractivity contribution < 1.29 is 0 Å². The fourth-order valence-corrected chi connectivity index (χ4v) is 10.4. The van der Waals surface area contributed by atoms with Gasteiger partial charge in [0.15, 0.2) is 0 Å². The van der Waals surface area contributed by atoms with E-state index in [0.29, 0.717) is 0 Å². The molecule has 0 N–H and O–H groups in total. The molecule has 13 aromatic rings. The smallest absolute Gasteiger partial charge is 0.138 e. The van der Waals surface area contributed by atoms with Gasteiger partial charge in [0.25, 0.3) is 0 Å². The predicted molar refractivity (Wildman–Crippen MR) is 289 cm³/mol. The second-order valence-electron chi connectivity index (χ2n) is 17.9. The molecule has 5 aromatic carbocycles. The summed E-state index contributed by atoms with van der Waals surface area (Å²) in [6.07, 6.45) is 14.8. The molecule has 0 radical (unpaired) electrons. The summed E-state index contributed by atoms with van der Waals surface area (Å²) in [5.41, 5.74) is 17.6. The average Bonchev–Trinajstić information content (AvgIpc) is 3.78. The van der Waals surface area contributed by atoms with E-state index in [2.05, 4.69) is 164 Å². The van der Waals surface area contributed by atoms with E-state index in [4.69, 9.17) is 19.9 Å². The third-order valence-electron chi connectivity index (χ3n) is 13.7. The molecule has 9 nitrogen and oxygen atoms in total. The molecule has 9 heteroatoms. The zero-order valence-electron chi connectivity index (χ0n) is 38.5. The van der Waals surface area contributed by atoms with Gasteiger partial charge in [0, 0.05) is 105 Å². The van der Waals surface area contributed by atoms with Crippen molar-refractivity contribution in [3.63, 3.8) is 0 Å². The van der Waals surface area contributed by atoms with Crippen molar-refractivity contribution in [1.82, 2.24) is 39.5 Å². The molecule has 0 unspecified atom stereocenters.